The van der Waals surface area contributed by atoms with Crippen molar-refractivity contribution in [1.29, 1.82) is 0 Å². The highest BCUT2D eigenvalue weighted by Crippen LogP contribution is 2.59. The lowest BCUT2D eigenvalue weighted by Gasteiger charge is -2.38. The molecule has 3 fully saturated rings. The van der Waals surface area contributed by atoms with Gasteiger partial charge in [-0.25, -0.2) is 0 Å². The van der Waals surface area contributed by atoms with Crippen LogP contribution < -0.4 is 5.32 Å². The number of ether oxygens (including phenoxy) is 2. The van der Waals surface area contributed by atoms with Crippen LogP contribution in [0.15, 0.2) is 55.6 Å². The highest BCUT2D eigenvalue weighted by molar-refractivity contribution is 5.98. The Morgan fingerprint density at radius 3 is 2.64 bits per heavy atom. The van der Waals surface area contributed by atoms with Gasteiger partial charge in [-0.2, -0.15) is 0 Å². The molecular formula is C34H47N3O7. The van der Waals surface area contributed by atoms with Gasteiger partial charge in [0.05, 0.1) is 37.1 Å². The van der Waals surface area contributed by atoms with Crippen LogP contribution in [0.3, 0.4) is 0 Å². The number of carbonyl (C=O) groups is 4. The Balaban J connectivity index is 1.62. The van der Waals surface area contributed by atoms with Gasteiger partial charge < -0.3 is 29.7 Å². The largest absolute Gasteiger partial charge is 0.455 e. The summed E-state index contributed by atoms with van der Waals surface area (Å²) in [7, 11) is 0. The summed E-state index contributed by atoms with van der Waals surface area (Å²) in [6.07, 6.45) is 6.48. The Morgan fingerprint density at radius 2 is 1.98 bits per heavy atom. The summed E-state index contributed by atoms with van der Waals surface area (Å²) >= 11 is 0. The van der Waals surface area contributed by atoms with Gasteiger partial charge in [0.15, 0.2) is 0 Å². The molecule has 1 aromatic rings. The van der Waals surface area contributed by atoms with E-state index in [9.17, 15) is 24.3 Å². The number of amides is 3. The first kappa shape index (κ1) is 33.4. The molecule has 0 aromatic heterocycles. The van der Waals surface area contributed by atoms with E-state index >= 15 is 0 Å². The lowest BCUT2D eigenvalue weighted by molar-refractivity contribution is -0.161. The number of carbonyl (C=O) groups excluding carboxylic acids is 4. The number of aliphatic hydroxyl groups excluding tert-OH is 1. The topological polar surface area (TPSA) is 125 Å². The average molecular weight is 610 g/mol. The van der Waals surface area contributed by atoms with E-state index in [0.29, 0.717) is 37.9 Å². The second kappa shape index (κ2) is 15.0. The molecule has 1 spiro atoms. The van der Waals surface area contributed by atoms with Gasteiger partial charge in [-0.3, -0.25) is 19.2 Å². The highest BCUT2D eigenvalue weighted by Gasteiger charge is 2.75. The van der Waals surface area contributed by atoms with Gasteiger partial charge in [0.1, 0.15) is 17.7 Å². The van der Waals surface area contributed by atoms with Crippen molar-refractivity contribution in [1.82, 2.24) is 15.1 Å². The summed E-state index contributed by atoms with van der Waals surface area (Å²) in [5.74, 6) is -3.26. The Hall–Kier alpha value is -3.50. The predicted molar refractivity (Wildman–Crippen MR) is 165 cm³/mol. The molecule has 44 heavy (non-hydrogen) atoms. The second-order valence-corrected chi connectivity index (χ2v) is 12.1. The number of rotatable bonds is 17. The van der Waals surface area contributed by atoms with Gasteiger partial charge >= 0.3 is 5.97 Å². The number of allylic oxidation sites excluding steroid dienone is 1. The smallest absolute Gasteiger partial charge is 0.313 e. The third kappa shape index (κ3) is 6.61. The van der Waals surface area contributed by atoms with Gasteiger partial charge in [0.25, 0.3) is 0 Å². The lowest BCUT2D eigenvalue weighted by atomic mass is 9.70. The number of hydrogen-bond donors (Lipinski definition) is 2. The molecule has 2 bridgehead atoms. The minimum absolute atomic E-state index is 0.0663. The van der Waals surface area contributed by atoms with Crippen molar-refractivity contribution in [3.63, 3.8) is 0 Å². The molecule has 10 heteroatoms. The summed E-state index contributed by atoms with van der Waals surface area (Å²) in [5, 5.41) is 13.0. The first-order valence-corrected chi connectivity index (χ1v) is 15.9. The molecule has 3 aliphatic rings. The minimum atomic E-state index is -1.20. The number of nitrogens with one attached hydrogen (secondary N) is 1. The molecule has 2 N–H and O–H groups in total. The molecule has 3 saturated heterocycles. The summed E-state index contributed by atoms with van der Waals surface area (Å²) in [4.78, 5) is 57.9. The highest BCUT2D eigenvalue weighted by atomic mass is 16.6. The van der Waals surface area contributed by atoms with E-state index in [1.807, 2.05) is 30.3 Å². The number of aliphatic hydroxyl groups is 1. The Labute approximate surface area is 260 Å². The molecule has 4 rings (SSSR count). The van der Waals surface area contributed by atoms with Crippen molar-refractivity contribution in [3.8, 4) is 0 Å². The van der Waals surface area contributed by atoms with Crippen molar-refractivity contribution in [2.45, 2.75) is 88.7 Å². The number of fused-ring (bicyclic) bond motifs is 1. The number of likely N-dealkylation sites (tertiary alicyclic amines) is 1. The molecule has 10 nitrogen and oxygen atoms in total. The Kier molecular flexibility index (Phi) is 11.4. The molecule has 0 radical (unpaired) electrons. The molecule has 240 valence electrons. The van der Waals surface area contributed by atoms with Gasteiger partial charge in [-0.1, -0.05) is 62.2 Å². The van der Waals surface area contributed by atoms with E-state index in [0.717, 1.165) is 19.3 Å². The average Bonchev–Trinajstić information content (AvgIpc) is 3.68. The molecule has 7 atom stereocenters. The van der Waals surface area contributed by atoms with Crippen LogP contribution >= 0.6 is 0 Å². The van der Waals surface area contributed by atoms with Crippen LogP contribution in [0.2, 0.25) is 0 Å². The molecular weight excluding hydrogens is 562 g/mol. The number of hydrogen-bond acceptors (Lipinski definition) is 7. The van der Waals surface area contributed by atoms with Gasteiger partial charge in [-0.05, 0) is 38.2 Å². The summed E-state index contributed by atoms with van der Waals surface area (Å²) in [6, 6.07) is 7.51. The lowest BCUT2D eigenvalue weighted by Crippen LogP contribution is -2.58. The molecule has 0 unspecified atom stereocenters. The van der Waals surface area contributed by atoms with Crippen LogP contribution in [-0.2, 0) is 28.7 Å². The van der Waals surface area contributed by atoms with Crippen LogP contribution in [0.5, 0.6) is 0 Å². The minimum Gasteiger partial charge on any atom is -0.455 e. The monoisotopic (exact) mass is 609 g/mol. The van der Waals surface area contributed by atoms with Crippen LogP contribution in [0.25, 0.3) is 0 Å². The van der Waals surface area contributed by atoms with Crippen molar-refractivity contribution >= 4 is 23.7 Å². The molecule has 1 aromatic carbocycles. The third-order valence-electron chi connectivity index (χ3n) is 9.17. The van der Waals surface area contributed by atoms with Crippen LogP contribution in [0.1, 0.15) is 70.5 Å². The van der Waals surface area contributed by atoms with Gasteiger partial charge in [-0.15, -0.1) is 13.2 Å². The van der Waals surface area contributed by atoms with E-state index in [1.54, 1.807) is 24.0 Å². The number of esters is 1. The maximum atomic E-state index is 14.3. The predicted octanol–water partition coefficient (Wildman–Crippen LogP) is 3.31. The van der Waals surface area contributed by atoms with Crippen LogP contribution in [0, 0.1) is 11.8 Å². The van der Waals surface area contributed by atoms with E-state index in [1.165, 1.54) is 4.90 Å². The fourth-order valence-electron chi connectivity index (χ4n) is 7.02. The first-order chi connectivity index (χ1) is 21.2. The standard InChI is InChI=1S/C34H47N3O7/c1-5-8-13-20-36(19-7-3)32(41)30-34-18-17-25(44-34)28(29(34)31(40)37(30)23(4)22-38)33(42)43-26(24-14-11-10-12-15-24)21-35-27(39)16-9-6-2/h6-7,10-12,14-15,23,25-26,28-30,38H,2-3,5,8-9,13,16-22H2,1,4H3,(H,35,39)/t23-,25-,26+,28+,29+,30-,34+/m1/s1. The van der Waals surface area contributed by atoms with Gasteiger partial charge in [0.2, 0.25) is 17.7 Å². The van der Waals surface area contributed by atoms with Crippen LogP contribution in [-0.4, -0.2) is 88.6 Å². The number of nitrogens with zero attached hydrogens (tertiary/aromatic N) is 2. The number of unbranched alkanes of at least 4 members (excludes halogenated alkanes) is 2. The Bertz CT molecular complexity index is 1210. The zero-order valence-corrected chi connectivity index (χ0v) is 26.0. The summed E-state index contributed by atoms with van der Waals surface area (Å²) in [5.41, 5.74) is -0.491. The summed E-state index contributed by atoms with van der Waals surface area (Å²) < 4.78 is 12.6. The SMILES string of the molecule is C=CCCC(=O)NC[C@H](OC(=O)[C@@H]1[C@H]2C(=O)N([C@H](C)CO)[C@H](C(=O)N(CC=C)CCCCC)[C@]23CC[C@H]1O3)c1ccccc1. The zero-order valence-electron chi connectivity index (χ0n) is 26.0. The Morgan fingerprint density at radius 1 is 1.23 bits per heavy atom. The van der Waals surface area contributed by atoms with E-state index in [-0.39, 0.29) is 37.3 Å². The van der Waals surface area contributed by atoms with Gasteiger partial charge in [0, 0.05) is 19.5 Å². The van der Waals surface area contributed by atoms with Crippen molar-refractivity contribution < 1.29 is 33.8 Å². The van der Waals surface area contributed by atoms with Crippen molar-refractivity contribution in [2.75, 3.05) is 26.2 Å². The second-order valence-electron chi connectivity index (χ2n) is 12.1. The third-order valence-corrected chi connectivity index (χ3v) is 9.17. The summed E-state index contributed by atoms with van der Waals surface area (Å²) in [6.45, 7) is 11.8. The van der Waals surface area contributed by atoms with E-state index < -0.39 is 47.7 Å². The first-order valence-electron chi connectivity index (χ1n) is 15.9. The van der Waals surface area contributed by atoms with E-state index in [4.69, 9.17) is 9.47 Å². The fraction of sp³-hybridized carbons (Fsp3) is 0.588. The molecule has 3 aliphatic heterocycles. The maximum Gasteiger partial charge on any atom is 0.313 e. The zero-order chi connectivity index (χ0) is 31.9. The molecule has 0 aliphatic carbocycles. The molecule has 0 saturated carbocycles. The van der Waals surface area contributed by atoms with Crippen molar-refractivity contribution in [2.24, 2.45) is 11.8 Å². The quantitative estimate of drug-likeness (QED) is 0.158. The van der Waals surface area contributed by atoms with Crippen molar-refractivity contribution in [3.05, 3.63) is 61.2 Å². The van der Waals surface area contributed by atoms with Crippen LogP contribution in [0.4, 0.5) is 0 Å². The molecule has 3 amide bonds. The maximum absolute atomic E-state index is 14.3. The number of benzene rings is 1. The van der Waals surface area contributed by atoms with E-state index in [2.05, 4.69) is 25.4 Å². The molecule has 3 heterocycles. The fourth-order valence-corrected chi connectivity index (χ4v) is 7.02. The normalized spacial score (nSPS) is 26.5.